The van der Waals surface area contributed by atoms with Crippen molar-refractivity contribution in [2.45, 2.75) is 45.1 Å². The second-order valence-electron chi connectivity index (χ2n) is 8.64. The highest BCUT2D eigenvalue weighted by Crippen LogP contribution is 2.36. The summed E-state index contributed by atoms with van der Waals surface area (Å²) in [4.78, 5) is 17.8. The third-order valence-electron chi connectivity index (χ3n) is 6.33. The third-order valence-corrected chi connectivity index (χ3v) is 6.33. The lowest BCUT2D eigenvalue weighted by molar-refractivity contribution is 0.315. The van der Waals surface area contributed by atoms with Gasteiger partial charge >= 0.3 is 0 Å². The van der Waals surface area contributed by atoms with E-state index < -0.39 is 0 Å². The van der Waals surface area contributed by atoms with E-state index >= 15 is 0 Å². The summed E-state index contributed by atoms with van der Waals surface area (Å²) in [6.07, 6.45) is 12.6. The Morgan fingerprint density at radius 3 is 2.65 bits per heavy atom. The summed E-state index contributed by atoms with van der Waals surface area (Å²) < 4.78 is 1.96. The molecule has 5 rings (SSSR count). The van der Waals surface area contributed by atoms with Gasteiger partial charge in [0.2, 0.25) is 5.95 Å². The average Bonchev–Trinajstić information content (AvgIpc) is 3.56. The zero-order valence-electron chi connectivity index (χ0n) is 19.1. The van der Waals surface area contributed by atoms with Gasteiger partial charge in [-0.1, -0.05) is 25.0 Å². The number of rotatable bonds is 7. The Morgan fingerprint density at radius 2 is 1.85 bits per heavy atom. The number of hydrogen-bond acceptors (Lipinski definition) is 7. The molecule has 8 nitrogen and oxygen atoms in total. The summed E-state index contributed by atoms with van der Waals surface area (Å²) in [5.41, 5.74) is 4.43. The second kappa shape index (κ2) is 9.79. The zero-order chi connectivity index (χ0) is 23.3. The first-order chi connectivity index (χ1) is 16.7. The summed E-state index contributed by atoms with van der Waals surface area (Å²) in [6, 6.07) is 14.2. The summed E-state index contributed by atoms with van der Waals surface area (Å²) >= 11 is 0. The van der Waals surface area contributed by atoms with Crippen LogP contribution >= 0.6 is 0 Å². The van der Waals surface area contributed by atoms with Crippen molar-refractivity contribution in [3.05, 3.63) is 67.0 Å². The van der Waals surface area contributed by atoms with E-state index in [2.05, 4.69) is 31.4 Å². The molecule has 34 heavy (non-hydrogen) atoms. The normalized spacial score (nSPS) is 14.6. The molecule has 1 aliphatic carbocycles. The van der Waals surface area contributed by atoms with Gasteiger partial charge in [0.15, 0.2) is 0 Å². The molecule has 1 N–H and O–H groups in total. The van der Waals surface area contributed by atoms with Crippen LogP contribution in [-0.4, -0.2) is 29.7 Å². The van der Waals surface area contributed by atoms with Crippen LogP contribution in [0.4, 0.5) is 11.6 Å². The minimum Gasteiger partial charge on any atom is -0.324 e. The van der Waals surface area contributed by atoms with Gasteiger partial charge in [-0.15, -0.1) is 0 Å². The fourth-order valence-electron chi connectivity index (χ4n) is 4.65. The molecule has 3 aromatic heterocycles. The molecule has 4 aromatic rings. The Kier molecular flexibility index (Phi) is 6.25. The van der Waals surface area contributed by atoms with Crippen molar-refractivity contribution >= 4 is 11.6 Å². The number of anilines is 2. The molecular weight excluding hydrogens is 424 g/mol. The molecule has 3 heterocycles. The summed E-state index contributed by atoms with van der Waals surface area (Å²) in [6.45, 7) is 1.88. The Bertz CT molecular complexity index is 1320. The maximum atomic E-state index is 9.34. The highest BCUT2D eigenvalue weighted by molar-refractivity contribution is 5.67. The zero-order valence-corrected chi connectivity index (χ0v) is 19.1. The van der Waals surface area contributed by atoms with Crippen molar-refractivity contribution in [2.24, 2.45) is 5.92 Å². The minimum absolute atomic E-state index is 0.119. The molecule has 8 heteroatoms. The fraction of sp³-hybridized carbons (Fsp3) is 0.308. The lowest BCUT2D eigenvalue weighted by Crippen LogP contribution is -2.17. The number of aromatic nitrogens is 6. The molecule has 1 fully saturated rings. The van der Waals surface area contributed by atoms with Crippen LogP contribution in [-0.2, 0) is 0 Å². The number of aryl methyl sites for hydroxylation is 1. The van der Waals surface area contributed by atoms with Gasteiger partial charge in [0.1, 0.15) is 5.82 Å². The van der Waals surface area contributed by atoms with Gasteiger partial charge in [-0.2, -0.15) is 10.4 Å². The van der Waals surface area contributed by atoms with Crippen LogP contribution in [0.1, 0.15) is 44.0 Å². The molecular formula is C26H26N8. The van der Waals surface area contributed by atoms with Crippen LogP contribution in [0.2, 0.25) is 0 Å². The maximum absolute atomic E-state index is 9.34. The molecule has 0 spiro atoms. The van der Waals surface area contributed by atoms with Crippen LogP contribution < -0.4 is 5.32 Å². The molecule has 1 saturated carbocycles. The molecule has 1 unspecified atom stereocenters. The molecule has 1 aromatic carbocycles. The van der Waals surface area contributed by atoms with Crippen molar-refractivity contribution in [3.8, 4) is 28.6 Å². The van der Waals surface area contributed by atoms with Gasteiger partial charge in [-0.05, 0) is 49.9 Å². The number of nitriles is 1. The van der Waals surface area contributed by atoms with Crippen LogP contribution in [0, 0.1) is 24.2 Å². The number of hydrogen-bond donors (Lipinski definition) is 1. The third kappa shape index (κ3) is 4.79. The van der Waals surface area contributed by atoms with Gasteiger partial charge in [-0.3, -0.25) is 4.68 Å². The monoisotopic (exact) mass is 450 g/mol. The van der Waals surface area contributed by atoms with Gasteiger partial charge in [-0.25, -0.2) is 19.9 Å². The predicted octanol–water partition coefficient (Wildman–Crippen LogP) is 5.49. The fourth-order valence-corrected chi connectivity index (χ4v) is 4.65. The van der Waals surface area contributed by atoms with E-state index in [9.17, 15) is 5.26 Å². The molecule has 0 radical (unpaired) electrons. The topological polar surface area (TPSA) is 105 Å². The highest BCUT2D eigenvalue weighted by Gasteiger charge is 2.27. The smallest absolute Gasteiger partial charge is 0.227 e. The van der Waals surface area contributed by atoms with E-state index in [-0.39, 0.29) is 6.04 Å². The molecule has 1 atom stereocenters. The van der Waals surface area contributed by atoms with Crippen molar-refractivity contribution in [3.63, 3.8) is 0 Å². The van der Waals surface area contributed by atoms with Crippen LogP contribution in [0.5, 0.6) is 0 Å². The summed E-state index contributed by atoms with van der Waals surface area (Å²) in [5, 5.41) is 17.2. The quantitative estimate of drug-likeness (QED) is 0.397. The van der Waals surface area contributed by atoms with Crippen LogP contribution in [0.25, 0.3) is 22.5 Å². The van der Waals surface area contributed by atoms with E-state index in [4.69, 9.17) is 4.98 Å². The molecule has 1 aliphatic rings. The van der Waals surface area contributed by atoms with Gasteiger partial charge in [0, 0.05) is 35.4 Å². The molecule has 170 valence electrons. The first-order valence-corrected chi connectivity index (χ1v) is 11.6. The summed E-state index contributed by atoms with van der Waals surface area (Å²) in [7, 11) is 0. The SMILES string of the molecule is Cc1nccc(-c2cccc(Nc3nccc(-c4cnn(C(CC#N)C5CCCC5)c4)n3)c2)n1. The first kappa shape index (κ1) is 21.7. The second-order valence-corrected chi connectivity index (χ2v) is 8.64. The van der Waals surface area contributed by atoms with E-state index in [1.807, 2.05) is 60.4 Å². The van der Waals surface area contributed by atoms with E-state index in [1.165, 1.54) is 12.8 Å². The molecule has 0 aliphatic heterocycles. The Hall–Kier alpha value is -4.12. The van der Waals surface area contributed by atoms with Gasteiger partial charge < -0.3 is 5.32 Å². The molecule has 0 amide bonds. The number of nitrogens with one attached hydrogen (secondary N) is 1. The largest absolute Gasteiger partial charge is 0.324 e. The number of nitrogens with zero attached hydrogens (tertiary/aromatic N) is 7. The van der Waals surface area contributed by atoms with Gasteiger partial charge in [0.05, 0.1) is 36.1 Å². The van der Waals surface area contributed by atoms with Crippen molar-refractivity contribution in [2.75, 3.05) is 5.32 Å². The minimum atomic E-state index is 0.119. The predicted molar refractivity (Wildman–Crippen MR) is 130 cm³/mol. The van der Waals surface area contributed by atoms with E-state index in [0.717, 1.165) is 46.9 Å². The molecule has 0 saturated heterocycles. The standard InChI is InChI=1S/C26H26N8/c1-18-28-13-10-23(31-18)20-7-4-8-22(15-20)32-26-29-14-11-24(33-26)21-16-30-34(17-21)25(9-12-27)19-5-2-3-6-19/h4,7-8,10-11,13-17,19,25H,2-3,5-6,9H2,1H3,(H,29,32,33). The van der Waals surface area contributed by atoms with Crippen molar-refractivity contribution in [1.29, 1.82) is 5.26 Å². The Balaban J connectivity index is 1.36. The average molecular weight is 451 g/mol. The first-order valence-electron chi connectivity index (χ1n) is 11.6. The summed E-state index contributed by atoms with van der Waals surface area (Å²) in [5.74, 6) is 1.75. The Morgan fingerprint density at radius 1 is 1.06 bits per heavy atom. The highest BCUT2D eigenvalue weighted by atomic mass is 15.3. The lowest BCUT2D eigenvalue weighted by Gasteiger charge is -2.21. The number of benzene rings is 1. The van der Waals surface area contributed by atoms with E-state index in [0.29, 0.717) is 18.3 Å². The Labute approximate surface area is 198 Å². The van der Waals surface area contributed by atoms with Crippen LogP contribution in [0.3, 0.4) is 0 Å². The van der Waals surface area contributed by atoms with Crippen LogP contribution in [0.15, 0.2) is 61.2 Å². The molecule has 0 bridgehead atoms. The maximum Gasteiger partial charge on any atom is 0.227 e. The lowest BCUT2D eigenvalue weighted by atomic mass is 9.96. The van der Waals surface area contributed by atoms with E-state index in [1.54, 1.807) is 12.4 Å². The van der Waals surface area contributed by atoms with Crippen molar-refractivity contribution < 1.29 is 0 Å². The van der Waals surface area contributed by atoms with Crippen molar-refractivity contribution in [1.82, 2.24) is 29.7 Å². The van der Waals surface area contributed by atoms with Gasteiger partial charge in [0.25, 0.3) is 0 Å².